The Morgan fingerprint density at radius 3 is 2.48 bits per heavy atom. The maximum Gasteiger partial charge on any atom is 0.260 e. The van der Waals surface area contributed by atoms with E-state index in [4.69, 9.17) is 4.74 Å². The van der Waals surface area contributed by atoms with E-state index in [2.05, 4.69) is 29.7 Å². The lowest BCUT2D eigenvalue weighted by Gasteiger charge is -2.19. The Hall–Kier alpha value is -1.55. The number of hydrogen-bond donors (Lipinski definition) is 2. The van der Waals surface area contributed by atoms with Crippen LogP contribution in [0.5, 0.6) is 5.75 Å². The molecule has 0 aliphatic heterocycles. The van der Waals surface area contributed by atoms with Crippen molar-refractivity contribution in [2.45, 2.75) is 59.2 Å². The van der Waals surface area contributed by atoms with Gasteiger partial charge in [-0.2, -0.15) is 0 Å². The standard InChI is InChI=1S/C17H26N2O2/c1-5-18-10-14-8-11(2)16(12(3)9-14)21-13(4)17(20)19-15-6-7-15/h8-9,13,15,18H,5-7,10H2,1-4H3,(H,19,20). The number of nitrogens with one attached hydrogen (secondary N) is 2. The highest BCUT2D eigenvalue weighted by molar-refractivity contribution is 5.81. The minimum Gasteiger partial charge on any atom is -0.480 e. The van der Waals surface area contributed by atoms with E-state index in [1.54, 1.807) is 0 Å². The number of carbonyl (C=O) groups excluding carboxylic acids is 1. The average molecular weight is 290 g/mol. The second-order valence-corrected chi connectivity index (χ2v) is 5.88. The van der Waals surface area contributed by atoms with Crippen molar-refractivity contribution in [2.24, 2.45) is 0 Å². The van der Waals surface area contributed by atoms with Crippen LogP contribution in [-0.4, -0.2) is 24.6 Å². The molecule has 0 heterocycles. The van der Waals surface area contributed by atoms with Gasteiger partial charge in [-0.3, -0.25) is 4.79 Å². The number of carbonyl (C=O) groups is 1. The van der Waals surface area contributed by atoms with Crippen LogP contribution in [0.2, 0.25) is 0 Å². The fourth-order valence-corrected chi connectivity index (χ4v) is 2.37. The lowest BCUT2D eigenvalue weighted by molar-refractivity contribution is -0.127. The highest BCUT2D eigenvalue weighted by atomic mass is 16.5. The van der Waals surface area contributed by atoms with Crippen LogP contribution in [0.15, 0.2) is 12.1 Å². The molecule has 0 radical (unpaired) electrons. The van der Waals surface area contributed by atoms with E-state index < -0.39 is 6.10 Å². The molecule has 1 aliphatic rings. The van der Waals surface area contributed by atoms with Crippen molar-refractivity contribution in [3.8, 4) is 5.75 Å². The monoisotopic (exact) mass is 290 g/mol. The van der Waals surface area contributed by atoms with Gasteiger partial charge in [0.1, 0.15) is 5.75 Å². The van der Waals surface area contributed by atoms with E-state index in [1.165, 1.54) is 5.56 Å². The first-order valence-corrected chi connectivity index (χ1v) is 7.79. The van der Waals surface area contributed by atoms with Crippen LogP contribution in [0.25, 0.3) is 0 Å². The maximum atomic E-state index is 12.0. The second kappa shape index (κ2) is 6.94. The summed E-state index contributed by atoms with van der Waals surface area (Å²) in [5, 5.41) is 6.30. The molecule has 0 bridgehead atoms. The molecule has 1 aromatic carbocycles. The van der Waals surface area contributed by atoms with Crippen LogP contribution in [-0.2, 0) is 11.3 Å². The smallest absolute Gasteiger partial charge is 0.260 e. The second-order valence-electron chi connectivity index (χ2n) is 5.88. The molecule has 1 saturated carbocycles. The zero-order valence-corrected chi connectivity index (χ0v) is 13.5. The number of amides is 1. The van der Waals surface area contributed by atoms with Crippen LogP contribution in [0.1, 0.15) is 43.4 Å². The number of hydrogen-bond acceptors (Lipinski definition) is 3. The van der Waals surface area contributed by atoms with E-state index >= 15 is 0 Å². The van der Waals surface area contributed by atoms with Gasteiger partial charge in [0.05, 0.1) is 0 Å². The fourth-order valence-electron chi connectivity index (χ4n) is 2.37. The average Bonchev–Trinajstić information content (AvgIpc) is 3.24. The number of rotatable bonds is 7. The Balaban J connectivity index is 2.02. The molecular weight excluding hydrogens is 264 g/mol. The third kappa shape index (κ3) is 4.46. The minimum atomic E-state index is -0.456. The SMILES string of the molecule is CCNCc1cc(C)c(OC(C)C(=O)NC2CC2)c(C)c1. The van der Waals surface area contributed by atoms with Crippen LogP contribution >= 0.6 is 0 Å². The van der Waals surface area contributed by atoms with Gasteiger partial charge in [-0.25, -0.2) is 0 Å². The van der Waals surface area contributed by atoms with E-state index in [-0.39, 0.29) is 5.91 Å². The lowest BCUT2D eigenvalue weighted by Crippen LogP contribution is -2.37. The Kier molecular flexibility index (Phi) is 5.23. The van der Waals surface area contributed by atoms with Gasteiger partial charge in [0.25, 0.3) is 5.91 Å². The molecule has 21 heavy (non-hydrogen) atoms. The Morgan fingerprint density at radius 1 is 1.33 bits per heavy atom. The molecule has 1 amide bonds. The molecule has 0 saturated heterocycles. The summed E-state index contributed by atoms with van der Waals surface area (Å²) in [4.78, 5) is 12.0. The molecule has 1 unspecified atom stereocenters. The molecule has 0 aromatic heterocycles. The number of aryl methyl sites for hydroxylation is 2. The summed E-state index contributed by atoms with van der Waals surface area (Å²) in [6.07, 6.45) is 1.73. The van der Waals surface area contributed by atoms with E-state index in [9.17, 15) is 4.79 Å². The summed E-state index contributed by atoms with van der Waals surface area (Å²) >= 11 is 0. The predicted octanol–water partition coefficient (Wildman–Crippen LogP) is 2.46. The van der Waals surface area contributed by atoms with Gasteiger partial charge in [-0.1, -0.05) is 19.1 Å². The molecule has 2 rings (SSSR count). The van der Waals surface area contributed by atoms with Gasteiger partial charge >= 0.3 is 0 Å². The Morgan fingerprint density at radius 2 is 1.95 bits per heavy atom. The fraction of sp³-hybridized carbons (Fsp3) is 0.588. The molecule has 1 aliphatic carbocycles. The first-order chi connectivity index (χ1) is 10.0. The molecule has 0 spiro atoms. The van der Waals surface area contributed by atoms with Gasteiger partial charge in [-0.05, 0) is 56.8 Å². The molecule has 4 heteroatoms. The summed E-state index contributed by atoms with van der Waals surface area (Å²) in [6.45, 7) is 9.78. The normalized spacial score (nSPS) is 15.6. The van der Waals surface area contributed by atoms with Gasteiger partial charge < -0.3 is 15.4 Å². The van der Waals surface area contributed by atoms with Crippen LogP contribution < -0.4 is 15.4 Å². The van der Waals surface area contributed by atoms with Crippen molar-refractivity contribution < 1.29 is 9.53 Å². The molecule has 2 N–H and O–H groups in total. The van der Waals surface area contributed by atoms with Crippen molar-refractivity contribution >= 4 is 5.91 Å². The van der Waals surface area contributed by atoms with Crippen molar-refractivity contribution in [2.75, 3.05) is 6.54 Å². The maximum absolute atomic E-state index is 12.0. The summed E-state index contributed by atoms with van der Waals surface area (Å²) in [6, 6.07) is 4.61. The number of ether oxygens (including phenoxy) is 1. The quantitative estimate of drug-likeness (QED) is 0.811. The molecule has 1 aromatic rings. The zero-order chi connectivity index (χ0) is 15.4. The number of benzene rings is 1. The Labute approximate surface area is 127 Å². The zero-order valence-electron chi connectivity index (χ0n) is 13.5. The third-order valence-corrected chi connectivity index (χ3v) is 3.69. The van der Waals surface area contributed by atoms with Gasteiger partial charge in [0, 0.05) is 12.6 Å². The van der Waals surface area contributed by atoms with Crippen molar-refractivity contribution in [1.29, 1.82) is 0 Å². The van der Waals surface area contributed by atoms with Gasteiger partial charge in [-0.15, -0.1) is 0 Å². The van der Waals surface area contributed by atoms with Crippen LogP contribution in [0.4, 0.5) is 0 Å². The predicted molar refractivity (Wildman–Crippen MR) is 84.6 cm³/mol. The molecule has 1 atom stereocenters. The summed E-state index contributed by atoms with van der Waals surface area (Å²) in [5.41, 5.74) is 3.40. The molecule has 116 valence electrons. The summed E-state index contributed by atoms with van der Waals surface area (Å²) < 4.78 is 5.89. The first kappa shape index (κ1) is 15.8. The van der Waals surface area contributed by atoms with Crippen LogP contribution in [0.3, 0.4) is 0 Å². The third-order valence-electron chi connectivity index (χ3n) is 3.69. The largest absolute Gasteiger partial charge is 0.480 e. The van der Waals surface area contributed by atoms with Gasteiger partial charge in [0.2, 0.25) is 0 Å². The highest BCUT2D eigenvalue weighted by Gasteiger charge is 2.26. The Bertz CT molecular complexity index is 487. The minimum absolute atomic E-state index is 0.0203. The van der Waals surface area contributed by atoms with E-state index in [1.807, 2.05) is 20.8 Å². The van der Waals surface area contributed by atoms with E-state index in [0.717, 1.165) is 42.8 Å². The van der Waals surface area contributed by atoms with Crippen molar-refractivity contribution in [1.82, 2.24) is 10.6 Å². The topological polar surface area (TPSA) is 50.4 Å². The van der Waals surface area contributed by atoms with Gasteiger partial charge in [0.15, 0.2) is 6.10 Å². The summed E-state index contributed by atoms with van der Waals surface area (Å²) in [5.74, 6) is 0.807. The first-order valence-electron chi connectivity index (χ1n) is 7.79. The van der Waals surface area contributed by atoms with Crippen molar-refractivity contribution in [3.63, 3.8) is 0 Å². The molecular formula is C17H26N2O2. The molecule has 4 nitrogen and oxygen atoms in total. The van der Waals surface area contributed by atoms with E-state index in [0.29, 0.717) is 6.04 Å². The highest BCUT2D eigenvalue weighted by Crippen LogP contribution is 2.26. The summed E-state index contributed by atoms with van der Waals surface area (Å²) in [7, 11) is 0. The van der Waals surface area contributed by atoms with Crippen LogP contribution in [0, 0.1) is 13.8 Å². The van der Waals surface area contributed by atoms with Crippen molar-refractivity contribution in [3.05, 3.63) is 28.8 Å². The lowest BCUT2D eigenvalue weighted by atomic mass is 10.1. The molecule has 1 fully saturated rings.